The lowest BCUT2D eigenvalue weighted by molar-refractivity contribution is 0.0259. The first-order valence-corrected chi connectivity index (χ1v) is 6.30. The van der Waals surface area contributed by atoms with Gasteiger partial charge < -0.3 is 14.8 Å². The molecule has 1 N–H and O–H groups in total. The molecule has 1 aromatic rings. The van der Waals surface area contributed by atoms with E-state index >= 15 is 0 Å². The van der Waals surface area contributed by atoms with Crippen LogP contribution in [0.25, 0.3) is 0 Å². The Hall–Kier alpha value is -1.39. The molecule has 0 amide bonds. The van der Waals surface area contributed by atoms with E-state index in [9.17, 15) is 4.79 Å². The highest BCUT2D eigenvalue weighted by molar-refractivity contribution is 5.89. The number of methoxy groups -OCH3 is 1. The fraction of sp³-hybridized carbons (Fsp3) is 0.500. The summed E-state index contributed by atoms with van der Waals surface area (Å²) in [5.41, 5.74) is 3.02. The van der Waals surface area contributed by atoms with Gasteiger partial charge in [0.15, 0.2) is 0 Å². The van der Waals surface area contributed by atoms with Gasteiger partial charge in [-0.3, -0.25) is 0 Å². The fourth-order valence-corrected chi connectivity index (χ4v) is 2.96. The van der Waals surface area contributed by atoms with Crippen LogP contribution >= 0.6 is 0 Å². The van der Waals surface area contributed by atoms with Crippen LogP contribution in [0, 0.1) is 0 Å². The van der Waals surface area contributed by atoms with E-state index in [0.717, 1.165) is 26.0 Å². The molecule has 1 saturated heterocycles. The predicted octanol–water partition coefficient (Wildman–Crippen LogP) is 1.23. The molecule has 18 heavy (non-hydrogen) atoms. The van der Waals surface area contributed by atoms with E-state index in [1.54, 1.807) is 0 Å². The van der Waals surface area contributed by atoms with Crippen molar-refractivity contribution in [1.29, 1.82) is 0 Å². The second-order valence-electron chi connectivity index (χ2n) is 4.92. The number of benzene rings is 1. The van der Waals surface area contributed by atoms with Crippen LogP contribution < -0.4 is 5.32 Å². The first-order valence-electron chi connectivity index (χ1n) is 6.30. The summed E-state index contributed by atoms with van der Waals surface area (Å²) in [6.45, 7) is 2.31. The summed E-state index contributed by atoms with van der Waals surface area (Å²) in [5, 5.41) is 3.56. The third-order valence-corrected chi connectivity index (χ3v) is 3.93. The van der Waals surface area contributed by atoms with Crippen molar-refractivity contribution in [2.24, 2.45) is 0 Å². The zero-order chi connectivity index (χ0) is 12.6. The van der Waals surface area contributed by atoms with Crippen LogP contribution in [0.1, 0.15) is 27.9 Å². The van der Waals surface area contributed by atoms with Crippen molar-refractivity contribution >= 4 is 5.97 Å². The second-order valence-corrected chi connectivity index (χ2v) is 4.92. The minimum atomic E-state index is -0.281. The predicted molar refractivity (Wildman–Crippen MR) is 66.6 cm³/mol. The van der Waals surface area contributed by atoms with E-state index in [2.05, 4.69) is 5.32 Å². The Bertz CT molecular complexity index is 472. The quantitative estimate of drug-likeness (QED) is 0.758. The summed E-state index contributed by atoms with van der Waals surface area (Å²) < 4.78 is 10.4. The molecule has 4 nitrogen and oxygen atoms in total. The number of carbonyl (C=O) groups excluding carboxylic acids is 1. The molecule has 2 aliphatic rings. The van der Waals surface area contributed by atoms with E-state index in [4.69, 9.17) is 9.47 Å². The number of morpholine rings is 1. The number of hydrogen-bond acceptors (Lipinski definition) is 4. The molecule has 1 aromatic carbocycles. The molecule has 0 saturated carbocycles. The summed E-state index contributed by atoms with van der Waals surface area (Å²) in [6, 6.07) is 5.83. The van der Waals surface area contributed by atoms with Crippen molar-refractivity contribution < 1.29 is 14.3 Å². The standard InChI is InChI=1S/C14H17NO3/c1-17-13(16)11-3-2-10-4-5-14(12(10)8-11)9-18-7-6-15-14/h2-3,8,15H,4-7,9H2,1H3/t14-/m1/s1. The first kappa shape index (κ1) is 11.7. The van der Waals surface area contributed by atoms with Gasteiger partial charge in [-0.05, 0) is 36.1 Å². The Morgan fingerprint density at radius 3 is 3.11 bits per heavy atom. The van der Waals surface area contributed by atoms with Crippen molar-refractivity contribution in [3.8, 4) is 0 Å². The molecule has 1 atom stereocenters. The SMILES string of the molecule is COC(=O)c1ccc2c(c1)[C@@]1(CC2)COCCN1. The molecule has 0 radical (unpaired) electrons. The highest BCUT2D eigenvalue weighted by Gasteiger charge is 2.40. The molecule has 0 aromatic heterocycles. The van der Waals surface area contributed by atoms with E-state index in [-0.39, 0.29) is 11.5 Å². The van der Waals surface area contributed by atoms with Gasteiger partial charge in [-0.1, -0.05) is 6.07 Å². The molecule has 96 valence electrons. The van der Waals surface area contributed by atoms with E-state index < -0.39 is 0 Å². The lowest BCUT2D eigenvalue weighted by Gasteiger charge is -2.35. The van der Waals surface area contributed by atoms with Gasteiger partial charge >= 0.3 is 5.97 Å². The minimum absolute atomic E-state index is 0.0996. The number of fused-ring (bicyclic) bond motifs is 2. The maximum atomic E-state index is 11.6. The Morgan fingerprint density at radius 1 is 1.50 bits per heavy atom. The number of carbonyl (C=O) groups is 1. The van der Waals surface area contributed by atoms with Crippen LogP contribution in [0.2, 0.25) is 0 Å². The third-order valence-electron chi connectivity index (χ3n) is 3.93. The number of nitrogens with one attached hydrogen (secondary N) is 1. The molecule has 1 aliphatic carbocycles. The first-order chi connectivity index (χ1) is 8.75. The lowest BCUT2D eigenvalue weighted by Crippen LogP contribution is -2.50. The van der Waals surface area contributed by atoms with Gasteiger partial charge in [0.2, 0.25) is 0 Å². The van der Waals surface area contributed by atoms with Crippen molar-refractivity contribution in [2.75, 3.05) is 26.9 Å². The number of hydrogen-bond donors (Lipinski definition) is 1. The van der Waals surface area contributed by atoms with Gasteiger partial charge in [0.25, 0.3) is 0 Å². The maximum Gasteiger partial charge on any atom is 0.337 e. The molecule has 1 heterocycles. The van der Waals surface area contributed by atoms with E-state index in [1.165, 1.54) is 18.2 Å². The largest absolute Gasteiger partial charge is 0.465 e. The van der Waals surface area contributed by atoms with Crippen molar-refractivity contribution in [1.82, 2.24) is 5.32 Å². The van der Waals surface area contributed by atoms with E-state index in [0.29, 0.717) is 12.2 Å². The Kier molecular flexibility index (Phi) is 2.84. The zero-order valence-corrected chi connectivity index (χ0v) is 10.5. The summed E-state index contributed by atoms with van der Waals surface area (Å²) in [6.07, 6.45) is 2.07. The van der Waals surface area contributed by atoms with Crippen LogP contribution in [0.15, 0.2) is 18.2 Å². The van der Waals surface area contributed by atoms with Crippen molar-refractivity contribution in [2.45, 2.75) is 18.4 Å². The fourth-order valence-electron chi connectivity index (χ4n) is 2.96. The minimum Gasteiger partial charge on any atom is -0.465 e. The normalized spacial score (nSPS) is 26.1. The van der Waals surface area contributed by atoms with Crippen LogP contribution in [0.5, 0.6) is 0 Å². The summed E-state index contributed by atoms with van der Waals surface area (Å²) in [5.74, 6) is -0.281. The highest BCUT2D eigenvalue weighted by Crippen LogP contribution is 2.38. The molecule has 1 aliphatic heterocycles. The summed E-state index contributed by atoms with van der Waals surface area (Å²) in [7, 11) is 1.41. The number of esters is 1. The smallest absolute Gasteiger partial charge is 0.337 e. The average Bonchev–Trinajstić information content (AvgIpc) is 2.77. The molecule has 4 heteroatoms. The van der Waals surface area contributed by atoms with Crippen molar-refractivity contribution in [3.63, 3.8) is 0 Å². The van der Waals surface area contributed by atoms with Crippen LogP contribution in [-0.2, 0) is 21.4 Å². The van der Waals surface area contributed by atoms with Crippen LogP contribution in [0.3, 0.4) is 0 Å². The zero-order valence-electron chi connectivity index (χ0n) is 10.5. The summed E-state index contributed by atoms with van der Waals surface area (Å²) >= 11 is 0. The van der Waals surface area contributed by atoms with Gasteiger partial charge in [0.1, 0.15) is 0 Å². The van der Waals surface area contributed by atoms with Gasteiger partial charge in [-0.2, -0.15) is 0 Å². The van der Waals surface area contributed by atoms with Crippen molar-refractivity contribution in [3.05, 3.63) is 34.9 Å². The average molecular weight is 247 g/mol. The van der Waals surface area contributed by atoms with Crippen LogP contribution in [-0.4, -0.2) is 32.8 Å². The monoisotopic (exact) mass is 247 g/mol. The summed E-state index contributed by atoms with van der Waals surface area (Å²) in [4.78, 5) is 11.6. The number of rotatable bonds is 1. The topological polar surface area (TPSA) is 47.6 Å². The Balaban J connectivity index is 2.00. The molecule has 0 bridgehead atoms. The molecule has 3 rings (SSSR count). The molecule has 1 fully saturated rings. The Labute approximate surface area is 106 Å². The maximum absolute atomic E-state index is 11.6. The number of ether oxygens (including phenoxy) is 2. The van der Waals surface area contributed by atoms with Gasteiger partial charge in [-0.15, -0.1) is 0 Å². The van der Waals surface area contributed by atoms with Gasteiger partial charge in [-0.25, -0.2) is 4.79 Å². The van der Waals surface area contributed by atoms with E-state index in [1.807, 2.05) is 18.2 Å². The Morgan fingerprint density at radius 2 is 2.39 bits per heavy atom. The number of aryl methyl sites for hydroxylation is 1. The van der Waals surface area contributed by atoms with Crippen LogP contribution in [0.4, 0.5) is 0 Å². The molecular formula is C14H17NO3. The molecule has 1 spiro atoms. The van der Waals surface area contributed by atoms with Gasteiger partial charge in [0, 0.05) is 6.54 Å². The van der Waals surface area contributed by atoms with Gasteiger partial charge in [0.05, 0.1) is 31.4 Å². The molecule has 0 unspecified atom stereocenters. The lowest BCUT2D eigenvalue weighted by atomic mass is 9.90. The molecular weight excluding hydrogens is 230 g/mol. The second kappa shape index (κ2) is 4.37. The third kappa shape index (κ3) is 1.72. The highest BCUT2D eigenvalue weighted by atomic mass is 16.5.